The highest BCUT2D eigenvalue weighted by Gasteiger charge is 2.31. The summed E-state index contributed by atoms with van der Waals surface area (Å²) < 4.78 is 39.2. The van der Waals surface area contributed by atoms with Crippen molar-refractivity contribution in [3.05, 3.63) is 35.0 Å². The van der Waals surface area contributed by atoms with Gasteiger partial charge < -0.3 is 9.15 Å². The van der Waals surface area contributed by atoms with Gasteiger partial charge in [-0.25, -0.2) is 13.2 Å². The largest absolute Gasteiger partial charge is 0.463 e. The van der Waals surface area contributed by atoms with Gasteiger partial charge in [-0.3, -0.25) is 4.68 Å². The summed E-state index contributed by atoms with van der Waals surface area (Å²) in [6, 6.07) is 3.18. The second-order valence-electron chi connectivity index (χ2n) is 6.38. The van der Waals surface area contributed by atoms with E-state index in [1.54, 1.807) is 28.9 Å². The van der Waals surface area contributed by atoms with Crippen LogP contribution in [0, 0.1) is 13.8 Å². The Morgan fingerprint density at radius 1 is 1.23 bits per heavy atom. The lowest BCUT2D eigenvalue weighted by molar-refractivity contribution is 0.0562. The standard InChI is InChI=1S/C17H23N3O5S/c1-12-16(26(22,23)19-9-5-4-6-10-19)13(2)20(18-12)11-14-7-8-15(25-14)17(21)24-3/h7-8H,4-6,9-11H2,1-3H3. The molecule has 2 aromatic rings. The number of methoxy groups -OCH3 is 1. The van der Waals surface area contributed by atoms with Gasteiger partial charge in [-0.15, -0.1) is 0 Å². The van der Waals surface area contributed by atoms with Crippen molar-refractivity contribution in [1.82, 2.24) is 14.1 Å². The lowest BCUT2D eigenvalue weighted by Gasteiger charge is -2.25. The van der Waals surface area contributed by atoms with Crippen LogP contribution in [0.2, 0.25) is 0 Å². The van der Waals surface area contributed by atoms with E-state index in [9.17, 15) is 13.2 Å². The van der Waals surface area contributed by atoms with Crippen molar-refractivity contribution >= 4 is 16.0 Å². The minimum Gasteiger partial charge on any atom is -0.463 e. The van der Waals surface area contributed by atoms with Gasteiger partial charge in [0.25, 0.3) is 0 Å². The number of aromatic nitrogens is 2. The maximum Gasteiger partial charge on any atom is 0.373 e. The normalized spacial score (nSPS) is 16.0. The highest BCUT2D eigenvalue weighted by Crippen LogP contribution is 2.26. The second-order valence-corrected chi connectivity index (χ2v) is 8.25. The number of carbonyl (C=O) groups excluding carboxylic acids is 1. The molecule has 2 aromatic heterocycles. The highest BCUT2D eigenvalue weighted by molar-refractivity contribution is 7.89. The van der Waals surface area contributed by atoms with E-state index in [1.165, 1.54) is 13.2 Å². The van der Waals surface area contributed by atoms with Crippen LogP contribution in [0.3, 0.4) is 0 Å². The van der Waals surface area contributed by atoms with E-state index in [0.717, 1.165) is 19.3 Å². The predicted octanol–water partition coefficient (Wildman–Crippen LogP) is 2.10. The maximum absolute atomic E-state index is 13.0. The predicted molar refractivity (Wildman–Crippen MR) is 93.5 cm³/mol. The van der Waals surface area contributed by atoms with Crippen LogP contribution < -0.4 is 0 Å². The Morgan fingerprint density at radius 3 is 2.58 bits per heavy atom. The molecule has 9 heteroatoms. The Bertz CT molecular complexity index is 907. The topological polar surface area (TPSA) is 94.6 Å². The van der Waals surface area contributed by atoms with Crippen LogP contribution in [0.1, 0.15) is 47.0 Å². The third-order valence-electron chi connectivity index (χ3n) is 4.58. The summed E-state index contributed by atoms with van der Waals surface area (Å²) in [6.45, 7) is 4.77. The molecule has 1 aliphatic heterocycles. The van der Waals surface area contributed by atoms with Gasteiger partial charge >= 0.3 is 5.97 Å². The summed E-state index contributed by atoms with van der Waals surface area (Å²) in [7, 11) is -2.28. The zero-order valence-corrected chi connectivity index (χ0v) is 16.0. The van der Waals surface area contributed by atoms with E-state index < -0.39 is 16.0 Å². The number of sulfonamides is 1. The highest BCUT2D eigenvalue weighted by atomic mass is 32.2. The first kappa shape index (κ1) is 18.7. The van der Waals surface area contributed by atoms with Crippen LogP contribution in [-0.4, -0.2) is 48.7 Å². The molecule has 0 amide bonds. The number of carbonyl (C=O) groups is 1. The molecule has 1 fully saturated rings. The minimum atomic E-state index is -3.56. The molecule has 1 aliphatic rings. The van der Waals surface area contributed by atoms with Crippen molar-refractivity contribution in [2.24, 2.45) is 0 Å². The second kappa shape index (κ2) is 7.24. The van der Waals surface area contributed by atoms with Crippen molar-refractivity contribution in [2.45, 2.75) is 44.6 Å². The van der Waals surface area contributed by atoms with E-state index in [4.69, 9.17) is 4.42 Å². The monoisotopic (exact) mass is 381 g/mol. The van der Waals surface area contributed by atoms with E-state index in [1.807, 2.05) is 0 Å². The quantitative estimate of drug-likeness (QED) is 0.736. The molecule has 3 heterocycles. The molecule has 0 bridgehead atoms. The van der Waals surface area contributed by atoms with Gasteiger partial charge in [0.2, 0.25) is 15.8 Å². The number of furan rings is 1. The number of aryl methyl sites for hydroxylation is 1. The van der Waals surface area contributed by atoms with E-state index in [-0.39, 0.29) is 17.2 Å². The SMILES string of the molecule is COC(=O)c1ccc(Cn2nc(C)c(S(=O)(=O)N3CCCCC3)c2C)o1. The number of rotatable bonds is 5. The van der Waals surface area contributed by atoms with Crippen molar-refractivity contribution in [1.29, 1.82) is 0 Å². The minimum absolute atomic E-state index is 0.102. The average Bonchev–Trinajstić information content (AvgIpc) is 3.20. The van der Waals surface area contributed by atoms with Crippen molar-refractivity contribution in [3.8, 4) is 0 Å². The number of hydrogen-bond acceptors (Lipinski definition) is 6. The number of ether oxygens (including phenoxy) is 1. The van der Waals surface area contributed by atoms with Gasteiger partial charge in [-0.1, -0.05) is 6.42 Å². The molecule has 8 nitrogen and oxygen atoms in total. The molecule has 1 saturated heterocycles. The number of hydrogen-bond donors (Lipinski definition) is 0. The zero-order chi connectivity index (χ0) is 18.9. The number of esters is 1. The van der Waals surface area contributed by atoms with Gasteiger partial charge in [-0.2, -0.15) is 9.40 Å². The summed E-state index contributed by atoms with van der Waals surface area (Å²) in [5.41, 5.74) is 1.02. The summed E-state index contributed by atoms with van der Waals surface area (Å²) in [5, 5.41) is 4.38. The van der Waals surface area contributed by atoms with Gasteiger partial charge in [0.1, 0.15) is 10.7 Å². The molecule has 3 rings (SSSR count). The van der Waals surface area contributed by atoms with Crippen LogP contribution in [-0.2, 0) is 21.3 Å². The zero-order valence-electron chi connectivity index (χ0n) is 15.2. The van der Waals surface area contributed by atoms with E-state index in [0.29, 0.717) is 30.2 Å². The molecule has 0 spiro atoms. The van der Waals surface area contributed by atoms with Gasteiger partial charge in [0, 0.05) is 13.1 Å². The third kappa shape index (κ3) is 3.41. The fourth-order valence-electron chi connectivity index (χ4n) is 3.26. The van der Waals surface area contributed by atoms with Crippen molar-refractivity contribution < 1.29 is 22.4 Å². The molecular formula is C17H23N3O5S. The van der Waals surface area contributed by atoms with Crippen molar-refractivity contribution in [3.63, 3.8) is 0 Å². The molecule has 0 aliphatic carbocycles. The smallest absolute Gasteiger partial charge is 0.373 e. The summed E-state index contributed by atoms with van der Waals surface area (Å²) in [6.07, 6.45) is 2.83. The summed E-state index contributed by atoms with van der Waals surface area (Å²) in [5.74, 6) is 0.0427. The molecule has 0 N–H and O–H groups in total. The van der Waals surface area contributed by atoms with Crippen molar-refractivity contribution in [2.75, 3.05) is 20.2 Å². The van der Waals surface area contributed by atoms with Gasteiger partial charge in [-0.05, 0) is 38.8 Å². The summed E-state index contributed by atoms with van der Waals surface area (Å²) >= 11 is 0. The van der Waals surface area contributed by atoms with Crippen LogP contribution in [0.25, 0.3) is 0 Å². The third-order valence-corrected chi connectivity index (χ3v) is 6.73. The molecule has 26 heavy (non-hydrogen) atoms. The molecule has 0 unspecified atom stereocenters. The fourth-order valence-corrected chi connectivity index (χ4v) is 5.15. The number of nitrogens with zero attached hydrogens (tertiary/aromatic N) is 3. The lowest BCUT2D eigenvalue weighted by Crippen LogP contribution is -2.36. The average molecular weight is 381 g/mol. The Morgan fingerprint density at radius 2 is 1.92 bits per heavy atom. The van der Waals surface area contributed by atoms with E-state index in [2.05, 4.69) is 9.84 Å². The molecule has 0 aromatic carbocycles. The van der Waals surface area contributed by atoms with Crippen LogP contribution >= 0.6 is 0 Å². The fraction of sp³-hybridized carbons (Fsp3) is 0.529. The molecule has 0 radical (unpaired) electrons. The molecule has 142 valence electrons. The van der Waals surface area contributed by atoms with Crippen LogP contribution in [0.4, 0.5) is 0 Å². The first-order chi connectivity index (χ1) is 12.3. The molecule has 0 saturated carbocycles. The van der Waals surface area contributed by atoms with Crippen LogP contribution in [0.5, 0.6) is 0 Å². The summed E-state index contributed by atoms with van der Waals surface area (Å²) in [4.78, 5) is 11.8. The molecule has 0 atom stereocenters. The van der Waals surface area contributed by atoms with Gasteiger partial charge in [0.05, 0.1) is 25.0 Å². The molecular weight excluding hydrogens is 358 g/mol. The van der Waals surface area contributed by atoms with E-state index >= 15 is 0 Å². The Kier molecular flexibility index (Phi) is 5.19. The lowest BCUT2D eigenvalue weighted by atomic mass is 10.2. The van der Waals surface area contributed by atoms with Gasteiger partial charge in [0.15, 0.2) is 0 Å². The Hall–Kier alpha value is -2.13. The Balaban J connectivity index is 1.88. The first-order valence-electron chi connectivity index (χ1n) is 8.55. The van der Waals surface area contributed by atoms with Crippen LogP contribution in [0.15, 0.2) is 21.4 Å². The maximum atomic E-state index is 13.0. The number of piperidine rings is 1. The first-order valence-corrected chi connectivity index (χ1v) is 9.99. The Labute approximate surface area is 152 Å².